The van der Waals surface area contributed by atoms with Gasteiger partial charge in [0.1, 0.15) is 0 Å². The maximum absolute atomic E-state index is 12.3. The third kappa shape index (κ3) is 6.29. The molecule has 7 heteroatoms. The molecule has 1 unspecified atom stereocenters. The Balaban J connectivity index is 2.87. The van der Waals surface area contributed by atoms with Crippen LogP contribution in [0.4, 0.5) is 5.69 Å². The first-order valence-electron chi connectivity index (χ1n) is 7.84. The van der Waals surface area contributed by atoms with Gasteiger partial charge in [-0.3, -0.25) is 4.79 Å². The average Bonchev–Trinajstić information content (AvgIpc) is 2.46. The van der Waals surface area contributed by atoms with Crippen LogP contribution in [0.15, 0.2) is 29.2 Å². The third-order valence-electron chi connectivity index (χ3n) is 3.44. The van der Waals surface area contributed by atoms with Crippen LogP contribution in [0, 0.1) is 5.92 Å². The van der Waals surface area contributed by atoms with Gasteiger partial charge in [-0.1, -0.05) is 26.8 Å². The van der Waals surface area contributed by atoms with Crippen LogP contribution in [0.2, 0.25) is 0 Å². The van der Waals surface area contributed by atoms with Gasteiger partial charge in [-0.25, -0.2) is 13.1 Å². The van der Waals surface area contributed by atoms with Gasteiger partial charge in [-0.15, -0.1) is 0 Å². The van der Waals surface area contributed by atoms with Crippen molar-refractivity contribution in [1.82, 2.24) is 4.72 Å². The van der Waals surface area contributed by atoms with E-state index in [-0.39, 0.29) is 16.8 Å². The predicted molar refractivity (Wildman–Crippen MR) is 92.6 cm³/mol. The minimum Gasteiger partial charge on any atom is -0.325 e. The summed E-state index contributed by atoms with van der Waals surface area (Å²) in [5, 5.41) is 2.67. The molecule has 23 heavy (non-hydrogen) atoms. The molecule has 0 aromatic heterocycles. The fourth-order valence-electron chi connectivity index (χ4n) is 2.01. The lowest BCUT2D eigenvalue weighted by atomic mass is 10.0. The van der Waals surface area contributed by atoms with Gasteiger partial charge < -0.3 is 11.1 Å². The van der Waals surface area contributed by atoms with Crippen LogP contribution < -0.4 is 15.8 Å². The summed E-state index contributed by atoms with van der Waals surface area (Å²) in [7, 11) is -3.60. The highest BCUT2D eigenvalue weighted by Crippen LogP contribution is 2.16. The lowest BCUT2D eigenvalue weighted by molar-refractivity contribution is -0.117. The smallest absolute Gasteiger partial charge is 0.241 e. The van der Waals surface area contributed by atoms with Crippen molar-refractivity contribution in [2.24, 2.45) is 11.7 Å². The summed E-state index contributed by atoms with van der Waals surface area (Å²) in [6.07, 6.45) is 1.26. The van der Waals surface area contributed by atoms with E-state index in [1.54, 1.807) is 19.1 Å². The number of hydrogen-bond acceptors (Lipinski definition) is 4. The van der Waals surface area contributed by atoms with Crippen molar-refractivity contribution in [2.45, 2.75) is 57.5 Å². The molecule has 0 radical (unpaired) electrons. The highest BCUT2D eigenvalue weighted by atomic mass is 32.2. The second-order valence-electron chi connectivity index (χ2n) is 6.18. The maximum atomic E-state index is 12.3. The first-order valence-corrected chi connectivity index (χ1v) is 9.32. The summed E-state index contributed by atoms with van der Waals surface area (Å²) in [5.74, 6) is -0.00896. The number of anilines is 1. The van der Waals surface area contributed by atoms with Crippen LogP contribution in [-0.2, 0) is 14.8 Å². The molecule has 0 spiro atoms. The van der Waals surface area contributed by atoms with Crippen LogP contribution in [0.5, 0.6) is 0 Å². The zero-order valence-corrected chi connectivity index (χ0v) is 15.0. The fraction of sp³-hybridized carbons (Fsp3) is 0.562. The van der Waals surface area contributed by atoms with E-state index in [1.807, 2.05) is 20.8 Å². The van der Waals surface area contributed by atoms with Crippen molar-refractivity contribution in [3.63, 3.8) is 0 Å². The predicted octanol–water partition coefficient (Wildman–Crippen LogP) is 2.08. The van der Waals surface area contributed by atoms with Gasteiger partial charge in [0.15, 0.2) is 0 Å². The van der Waals surface area contributed by atoms with E-state index in [0.29, 0.717) is 24.4 Å². The molecular formula is C16H27N3O3S. The number of sulfonamides is 1. The average molecular weight is 341 g/mol. The number of carbonyl (C=O) groups is 1. The molecule has 0 bridgehead atoms. The zero-order chi connectivity index (χ0) is 17.6. The van der Waals surface area contributed by atoms with Crippen molar-refractivity contribution < 1.29 is 13.2 Å². The zero-order valence-electron chi connectivity index (χ0n) is 14.2. The molecule has 0 heterocycles. The van der Waals surface area contributed by atoms with E-state index in [9.17, 15) is 13.2 Å². The molecule has 6 nitrogen and oxygen atoms in total. The Hall–Kier alpha value is -1.44. The number of nitrogens with two attached hydrogens (primary N) is 1. The largest absolute Gasteiger partial charge is 0.325 e. The highest BCUT2D eigenvalue weighted by molar-refractivity contribution is 7.89. The lowest BCUT2D eigenvalue weighted by Crippen LogP contribution is -2.36. The highest BCUT2D eigenvalue weighted by Gasteiger charge is 2.19. The van der Waals surface area contributed by atoms with Gasteiger partial charge >= 0.3 is 0 Å². The summed E-state index contributed by atoms with van der Waals surface area (Å²) in [6.45, 7) is 7.68. The molecular weight excluding hydrogens is 314 g/mol. The van der Waals surface area contributed by atoms with Gasteiger partial charge in [0.05, 0.1) is 10.9 Å². The number of benzene rings is 1. The van der Waals surface area contributed by atoms with Crippen LogP contribution in [0.25, 0.3) is 0 Å². The van der Waals surface area contributed by atoms with E-state index in [2.05, 4.69) is 10.0 Å². The molecule has 0 aliphatic heterocycles. The molecule has 0 saturated carbocycles. The standard InChI is InChI=1S/C16H27N3O3S/c1-5-12(4)19-23(21,22)14-8-6-7-13(10-14)18-16(20)15(17)9-11(2)3/h6-8,10-12,15,19H,5,9,17H2,1-4H3,(H,18,20)/t12?,15-/m0/s1. The molecule has 4 N–H and O–H groups in total. The lowest BCUT2D eigenvalue weighted by Gasteiger charge is -2.15. The Morgan fingerprint density at radius 1 is 1.26 bits per heavy atom. The fourth-order valence-corrected chi connectivity index (χ4v) is 3.38. The van der Waals surface area contributed by atoms with Crippen molar-refractivity contribution in [3.05, 3.63) is 24.3 Å². The normalized spacial score (nSPS) is 14.5. The van der Waals surface area contributed by atoms with Crippen molar-refractivity contribution in [3.8, 4) is 0 Å². The summed E-state index contributed by atoms with van der Waals surface area (Å²) < 4.78 is 27.1. The van der Waals surface area contributed by atoms with Crippen LogP contribution in [0.3, 0.4) is 0 Å². The maximum Gasteiger partial charge on any atom is 0.241 e. The van der Waals surface area contributed by atoms with Crippen molar-refractivity contribution in [2.75, 3.05) is 5.32 Å². The topological polar surface area (TPSA) is 101 Å². The van der Waals surface area contributed by atoms with Crippen molar-refractivity contribution in [1.29, 1.82) is 0 Å². The summed E-state index contributed by atoms with van der Waals surface area (Å²) in [5.41, 5.74) is 6.25. The Bertz CT molecular complexity index is 629. The van der Waals surface area contributed by atoms with E-state index in [4.69, 9.17) is 5.73 Å². The Kier molecular flexibility index (Phi) is 7.18. The Morgan fingerprint density at radius 3 is 2.48 bits per heavy atom. The van der Waals surface area contributed by atoms with Gasteiger partial charge in [-0.2, -0.15) is 0 Å². The van der Waals surface area contributed by atoms with Gasteiger partial charge in [0.2, 0.25) is 15.9 Å². The molecule has 1 aromatic carbocycles. The van der Waals surface area contributed by atoms with Gasteiger partial charge in [0, 0.05) is 11.7 Å². The number of rotatable bonds is 8. The molecule has 130 valence electrons. The molecule has 1 rings (SSSR count). The van der Waals surface area contributed by atoms with E-state index < -0.39 is 16.1 Å². The molecule has 0 aliphatic rings. The second kappa shape index (κ2) is 8.42. The summed E-state index contributed by atoms with van der Waals surface area (Å²) in [4.78, 5) is 12.2. The molecule has 0 saturated heterocycles. The Morgan fingerprint density at radius 2 is 1.91 bits per heavy atom. The first kappa shape index (κ1) is 19.6. The van der Waals surface area contributed by atoms with Crippen molar-refractivity contribution >= 4 is 21.6 Å². The molecule has 2 atom stereocenters. The summed E-state index contributed by atoms with van der Waals surface area (Å²) in [6, 6.07) is 5.39. The van der Waals surface area contributed by atoms with E-state index in [1.165, 1.54) is 12.1 Å². The first-order chi connectivity index (χ1) is 10.7. The van der Waals surface area contributed by atoms with Gasteiger partial charge in [0.25, 0.3) is 0 Å². The third-order valence-corrected chi connectivity index (χ3v) is 5.03. The molecule has 0 fully saturated rings. The SMILES string of the molecule is CCC(C)NS(=O)(=O)c1cccc(NC(=O)[C@@H](N)CC(C)C)c1. The quantitative estimate of drug-likeness (QED) is 0.674. The minimum atomic E-state index is -3.60. The number of nitrogens with one attached hydrogen (secondary N) is 2. The molecule has 1 aromatic rings. The summed E-state index contributed by atoms with van der Waals surface area (Å²) >= 11 is 0. The van der Waals surface area contributed by atoms with Gasteiger partial charge in [-0.05, 0) is 43.9 Å². The minimum absolute atomic E-state index is 0.119. The monoisotopic (exact) mass is 341 g/mol. The molecule has 0 aliphatic carbocycles. The second-order valence-corrected chi connectivity index (χ2v) is 7.90. The number of amides is 1. The van der Waals surface area contributed by atoms with E-state index in [0.717, 1.165) is 0 Å². The molecule has 1 amide bonds. The van der Waals surface area contributed by atoms with Crippen LogP contribution in [-0.4, -0.2) is 26.4 Å². The van der Waals surface area contributed by atoms with E-state index >= 15 is 0 Å². The Labute approximate surface area is 138 Å². The number of hydrogen-bond donors (Lipinski definition) is 3. The number of carbonyl (C=O) groups excluding carboxylic acids is 1. The van der Waals surface area contributed by atoms with Crippen LogP contribution >= 0.6 is 0 Å². The van der Waals surface area contributed by atoms with Crippen LogP contribution in [0.1, 0.15) is 40.5 Å².